The van der Waals surface area contributed by atoms with Gasteiger partial charge in [0.1, 0.15) is 5.84 Å². The second-order valence-electron chi connectivity index (χ2n) is 4.73. The van der Waals surface area contributed by atoms with Crippen LogP contribution in [0.25, 0.3) is 0 Å². The third-order valence-electron chi connectivity index (χ3n) is 3.66. The summed E-state index contributed by atoms with van der Waals surface area (Å²) in [5, 5.41) is 8.71. The van der Waals surface area contributed by atoms with E-state index in [1.54, 1.807) is 0 Å². The van der Waals surface area contributed by atoms with Crippen LogP contribution in [0.3, 0.4) is 0 Å². The standard InChI is InChI=1S/C14H14ClN3/c15-9-6-4-8(5-7-9)10-2-1-3-11-12(10)14(17)18-13(11)16/h4-7,10H,1-3H2,(H3,16,17,18). The first-order valence-corrected chi connectivity index (χ1v) is 6.46. The fourth-order valence-corrected chi connectivity index (χ4v) is 2.95. The van der Waals surface area contributed by atoms with Gasteiger partial charge in [-0.05, 0) is 37.0 Å². The van der Waals surface area contributed by atoms with E-state index in [-0.39, 0.29) is 5.92 Å². The van der Waals surface area contributed by atoms with Crippen molar-refractivity contribution in [3.8, 4) is 0 Å². The van der Waals surface area contributed by atoms with Crippen LogP contribution in [-0.4, -0.2) is 11.7 Å². The maximum Gasteiger partial charge on any atom is 0.151 e. The van der Waals surface area contributed by atoms with Gasteiger partial charge in [-0.1, -0.05) is 23.7 Å². The SMILES string of the molecule is N=C1N=C(N)C2=C1C(c1ccc(Cl)cc1)CCC2. The Morgan fingerprint density at radius 3 is 2.72 bits per heavy atom. The van der Waals surface area contributed by atoms with Crippen molar-refractivity contribution in [2.75, 3.05) is 0 Å². The zero-order valence-corrected chi connectivity index (χ0v) is 10.7. The van der Waals surface area contributed by atoms with Crippen LogP contribution in [0.5, 0.6) is 0 Å². The Morgan fingerprint density at radius 2 is 2.00 bits per heavy atom. The van der Waals surface area contributed by atoms with Crippen molar-refractivity contribution in [3.05, 3.63) is 46.0 Å². The number of benzene rings is 1. The predicted molar refractivity (Wildman–Crippen MR) is 74.4 cm³/mol. The van der Waals surface area contributed by atoms with Gasteiger partial charge in [0.2, 0.25) is 0 Å². The van der Waals surface area contributed by atoms with E-state index in [1.165, 1.54) is 5.56 Å². The molecule has 3 nitrogen and oxygen atoms in total. The van der Waals surface area contributed by atoms with Gasteiger partial charge < -0.3 is 5.73 Å². The van der Waals surface area contributed by atoms with Crippen LogP contribution in [0.2, 0.25) is 5.02 Å². The average molecular weight is 260 g/mol. The molecule has 1 aromatic rings. The normalized spacial score (nSPS) is 23.1. The Labute approximate surface area is 111 Å². The lowest BCUT2D eigenvalue weighted by Gasteiger charge is -2.24. The summed E-state index contributed by atoms with van der Waals surface area (Å²) in [7, 11) is 0. The molecule has 0 bridgehead atoms. The van der Waals surface area contributed by atoms with Crippen molar-refractivity contribution in [1.82, 2.24) is 0 Å². The summed E-state index contributed by atoms with van der Waals surface area (Å²) >= 11 is 5.92. The van der Waals surface area contributed by atoms with E-state index in [4.69, 9.17) is 22.7 Å². The second kappa shape index (κ2) is 4.25. The van der Waals surface area contributed by atoms with E-state index in [0.717, 1.165) is 35.4 Å². The molecule has 0 saturated carbocycles. The molecule has 92 valence electrons. The number of nitrogens with one attached hydrogen (secondary N) is 1. The molecule has 1 aliphatic heterocycles. The highest BCUT2D eigenvalue weighted by atomic mass is 35.5. The van der Waals surface area contributed by atoms with Gasteiger partial charge in [-0.3, -0.25) is 5.41 Å². The van der Waals surface area contributed by atoms with Crippen molar-refractivity contribution in [1.29, 1.82) is 5.41 Å². The predicted octanol–water partition coefficient (Wildman–Crippen LogP) is 3.25. The minimum atomic E-state index is 0.239. The van der Waals surface area contributed by atoms with Crippen LogP contribution >= 0.6 is 11.6 Å². The smallest absolute Gasteiger partial charge is 0.151 e. The van der Waals surface area contributed by atoms with Crippen LogP contribution in [0.1, 0.15) is 30.7 Å². The first-order chi connectivity index (χ1) is 8.66. The summed E-state index contributed by atoms with van der Waals surface area (Å²) in [6.07, 6.45) is 3.08. The van der Waals surface area contributed by atoms with E-state index in [1.807, 2.05) is 24.3 Å². The molecule has 0 saturated heterocycles. The van der Waals surface area contributed by atoms with Crippen LogP contribution in [0, 0.1) is 5.41 Å². The Bertz CT molecular complexity index is 569. The minimum Gasteiger partial charge on any atom is -0.383 e. The lowest BCUT2D eigenvalue weighted by Crippen LogP contribution is -2.18. The largest absolute Gasteiger partial charge is 0.383 e. The van der Waals surface area contributed by atoms with Crippen molar-refractivity contribution >= 4 is 23.3 Å². The summed E-state index contributed by atoms with van der Waals surface area (Å²) in [4.78, 5) is 4.10. The molecule has 0 spiro atoms. The van der Waals surface area contributed by atoms with Gasteiger partial charge in [0.15, 0.2) is 5.84 Å². The minimum absolute atomic E-state index is 0.239. The first kappa shape index (κ1) is 11.5. The molecule has 0 aromatic heterocycles. The molecule has 1 unspecified atom stereocenters. The maximum atomic E-state index is 7.97. The van der Waals surface area contributed by atoms with E-state index in [9.17, 15) is 0 Å². The van der Waals surface area contributed by atoms with Crippen LogP contribution in [-0.2, 0) is 0 Å². The summed E-state index contributed by atoms with van der Waals surface area (Å²) in [5.41, 5.74) is 9.16. The zero-order chi connectivity index (χ0) is 12.7. The Hall–Kier alpha value is -1.61. The molecule has 1 heterocycles. The lowest BCUT2D eigenvalue weighted by molar-refractivity contribution is 0.631. The van der Waals surface area contributed by atoms with E-state index in [0.29, 0.717) is 11.7 Å². The molecule has 18 heavy (non-hydrogen) atoms. The molecule has 1 aromatic carbocycles. The third-order valence-corrected chi connectivity index (χ3v) is 3.91. The highest BCUT2D eigenvalue weighted by molar-refractivity contribution is 6.30. The number of aliphatic imine (C=N–C) groups is 1. The Balaban J connectivity index is 2.03. The number of rotatable bonds is 1. The quantitative estimate of drug-likeness (QED) is 0.799. The van der Waals surface area contributed by atoms with E-state index in [2.05, 4.69) is 4.99 Å². The highest BCUT2D eigenvalue weighted by Crippen LogP contribution is 2.40. The maximum absolute atomic E-state index is 7.97. The van der Waals surface area contributed by atoms with Gasteiger partial charge in [-0.2, -0.15) is 0 Å². The molecule has 0 fully saturated rings. The molecule has 2 aliphatic rings. The molecule has 0 amide bonds. The van der Waals surface area contributed by atoms with Crippen LogP contribution < -0.4 is 5.73 Å². The van der Waals surface area contributed by atoms with Crippen LogP contribution in [0.15, 0.2) is 40.4 Å². The Kier molecular flexibility index (Phi) is 2.71. The molecule has 1 atom stereocenters. The fraction of sp³-hybridized carbons (Fsp3) is 0.286. The molecule has 3 rings (SSSR count). The molecule has 1 aliphatic carbocycles. The first-order valence-electron chi connectivity index (χ1n) is 6.09. The lowest BCUT2D eigenvalue weighted by atomic mass is 9.79. The number of hydrogen-bond acceptors (Lipinski definition) is 2. The molecular weight excluding hydrogens is 246 g/mol. The number of nitrogens with two attached hydrogens (primary N) is 1. The second-order valence-corrected chi connectivity index (χ2v) is 5.17. The van der Waals surface area contributed by atoms with E-state index < -0.39 is 0 Å². The third kappa shape index (κ3) is 1.75. The van der Waals surface area contributed by atoms with Gasteiger partial charge in [-0.15, -0.1) is 0 Å². The summed E-state index contributed by atoms with van der Waals surface area (Å²) in [6.45, 7) is 0. The van der Waals surface area contributed by atoms with Crippen molar-refractivity contribution in [2.45, 2.75) is 25.2 Å². The number of nitrogens with zero attached hydrogens (tertiary/aromatic N) is 1. The van der Waals surface area contributed by atoms with E-state index >= 15 is 0 Å². The highest BCUT2D eigenvalue weighted by Gasteiger charge is 2.32. The molecule has 4 heteroatoms. The van der Waals surface area contributed by atoms with Gasteiger partial charge in [0, 0.05) is 22.1 Å². The number of hydrogen-bond donors (Lipinski definition) is 2. The van der Waals surface area contributed by atoms with Crippen molar-refractivity contribution in [2.24, 2.45) is 10.7 Å². The van der Waals surface area contributed by atoms with Crippen LogP contribution in [0.4, 0.5) is 0 Å². The monoisotopic (exact) mass is 259 g/mol. The Morgan fingerprint density at radius 1 is 1.28 bits per heavy atom. The zero-order valence-electron chi connectivity index (χ0n) is 9.91. The van der Waals surface area contributed by atoms with Gasteiger partial charge in [-0.25, -0.2) is 4.99 Å². The molecule has 3 N–H and O–H groups in total. The summed E-state index contributed by atoms with van der Waals surface area (Å²) in [6, 6.07) is 7.86. The van der Waals surface area contributed by atoms with Crippen molar-refractivity contribution in [3.63, 3.8) is 0 Å². The number of amidine groups is 2. The van der Waals surface area contributed by atoms with Gasteiger partial charge in [0.05, 0.1) is 0 Å². The van der Waals surface area contributed by atoms with Gasteiger partial charge >= 0.3 is 0 Å². The molecular formula is C14H14ClN3. The molecule has 0 radical (unpaired) electrons. The number of halogens is 1. The average Bonchev–Trinajstić information content (AvgIpc) is 2.66. The summed E-state index contributed by atoms with van der Waals surface area (Å²) < 4.78 is 0. The van der Waals surface area contributed by atoms with Crippen molar-refractivity contribution < 1.29 is 0 Å². The summed E-state index contributed by atoms with van der Waals surface area (Å²) in [5.74, 6) is 1.11. The van der Waals surface area contributed by atoms with Gasteiger partial charge in [0.25, 0.3) is 0 Å². The fourth-order valence-electron chi connectivity index (χ4n) is 2.82. The topological polar surface area (TPSA) is 62.2 Å².